The van der Waals surface area contributed by atoms with E-state index in [-0.39, 0.29) is 0 Å². The Morgan fingerprint density at radius 1 is 1.18 bits per heavy atom. The highest BCUT2D eigenvalue weighted by atomic mass is 79.9. The number of rotatable bonds is 1. The van der Waals surface area contributed by atoms with Crippen LogP contribution in [-0.2, 0) is 5.45 Å². The number of fused-ring (bicyclic) bond motifs is 1. The van der Waals surface area contributed by atoms with Gasteiger partial charge in [-0.2, -0.15) is 0 Å². The van der Waals surface area contributed by atoms with Gasteiger partial charge in [0, 0.05) is 11.7 Å². The minimum atomic E-state index is 0.862. The summed E-state index contributed by atoms with van der Waals surface area (Å²) in [5.41, 5.74) is 2.14. The van der Waals surface area contributed by atoms with Gasteiger partial charge in [0.1, 0.15) is 0 Å². The Kier molecular flexibility index (Phi) is 1.70. The molecule has 1 nitrogen and oxygen atoms in total. The molecule has 0 atom stereocenters. The van der Waals surface area contributed by atoms with Gasteiger partial charge < -0.3 is 4.57 Å². The third-order valence-electron chi connectivity index (χ3n) is 1.81. The Labute approximate surface area is 73.8 Å². The van der Waals surface area contributed by atoms with Crippen molar-refractivity contribution in [1.82, 2.24) is 4.57 Å². The molecular weight excluding hydrogens is 202 g/mol. The molecule has 1 aromatic heterocycles. The van der Waals surface area contributed by atoms with Gasteiger partial charge in [0.25, 0.3) is 0 Å². The molecule has 0 bridgehead atoms. The molecule has 1 heterocycles. The van der Waals surface area contributed by atoms with Gasteiger partial charge in [0.05, 0.1) is 5.45 Å². The van der Waals surface area contributed by atoms with Crippen LogP contribution in [-0.4, -0.2) is 4.57 Å². The highest BCUT2D eigenvalue weighted by Crippen LogP contribution is 2.15. The normalized spacial score (nSPS) is 10.6. The molecule has 1 aromatic carbocycles. The zero-order valence-electron chi connectivity index (χ0n) is 6.00. The maximum Gasteiger partial charge on any atom is 0.0779 e. The van der Waals surface area contributed by atoms with E-state index in [1.807, 2.05) is 0 Å². The van der Waals surface area contributed by atoms with Gasteiger partial charge in [-0.05, 0) is 17.5 Å². The summed E-state index contributed by atoms with van der Waals surface area (Å²) < 4.78 is 2.16. The molecule has 0 spiro atoms. The van der Waals surface area contributed by atoms with E-state index >= 15 is 0 Å². The van der Waals surface area contributed by atoms with E-state index in [4.69, 9.17) is 0 Å². The predicted octanol–water partition coefficient (Wildman–Crippen LogP) is 2.99. The molecule has 0 aliphatic rings. The van der Waals surface area contributed by atoms with E-state index < -0.39 is 0 Å². The Bertz CT molecular complexity index is 364. The lowest BCUT2D eigenvalue weighted by Crippen LogP contribution is -1.86. The summed E-state index contributed by atoms with van der Waals surface area (Å²) in [6.07, 6.45) is 2.08. The van der Waals surface area contributed by atoms with Crippen molar-refractivity contribution < 1.29 is 0 Å². The van der Waals surface area contributed by atoms with E-state index in [1.54, 1.807) is 0 Å². The lowest BCUT2D eigenvalue weighted by atomic mass is 10.2. The highest BCUT2D eigenvalue weighted by molar-refractivity contribution is 9.08. The average molecular weight is 210 g/mol. The molecule has 11 heavy (non-hydrogen) atoms. The van der Waals surface area contributed by atoms with Crippen LogP contribution in [0.25, 0.3) is 10.9 Å². The fourth-order valence-corrected chi connectivity index (χ4v) is 1.68. The molecule has 2 rings (SSSR count). The minimum absolute atomic E-state index is 0.862. The Hall–Kier alpha value is -0.760. The summed E-state index contributed by atoms with van der Waals surface area (Å²) in [5, 5.41) is 1.30. The molecule has 56 valence electrons. The maximum atomic E-state index is 3.42. The molecule has 0 unspecified atom stereocenters. The highest BCUT2D eigenvalue weighted by Gasteiger charge is 1.95. The second-order valence-electron chi connectivity index (χ2n) is 2.46. The summed E-state index contributed by atoms with van der Waals surface area (Å²) >= 11 is 3.42. The molecule has 2 heteroatoms. The van der Waals surface area contributed by atoms with Crippen molar-refractivity contribution >= 4 is 26.8 Å². The lowest BCUT2D eigenvalue weighted by Gasteiger charge is -1.96. The summed E-state index contributed by atoms with van der Waals surface area (Å²) in [5.74, 6) is 0. The number of nitrogens with zero attached hydrogens (tertiary/aromatic N) is 1. The van der Waals surface area contributed by atoms with Crippen LogP contribution >= 0.6 is 15.9 Å². The summed E-state index contributed by atoms with van der Waals surface area (Å²) in [6, 6.07) is 10.5. The van der Waals surface area contributed by atoms with Crippen LogP contribution in [0.15, 0.2) is 36.5 Å². The first-order chi connectivity index (χ1) is 5.42. The number of hydrogen-bond donors (Lipinski definition) is 0. The number of para-hydroxylation sites is 1. The SMILES string of the molecule is BrCn1ccc2ccccc21. The van der Waals surface area contributed by atoms with Crippen LogP contribution in [0, 0.1) is 0 Å². The van der Waals surface area contributed by atoms with Gasteiger partial charge >= 0.3 is 0 Å². The van der Waals surface area contributed by atoms with Gasteiger partial charge in [-0.1, -0.05) is 34.1 Å². The molecule has 0 radical (unpaired) electrons. The van der Waals surface area contributed by atoms with E-state index in [0.29, 0.717) is 0 Å². The number of alkyl halides is 1. The van der Waals surface area contributed by atoms with Crippen molar-refractivity contribution in [2.45, 2.75) is 5.45 Å². The van der Waals surface area contributed by atoms with E-state index in [9.17, 15) is 0 Å². The monoisotopic (exact) mass is 209 g/mol. The average Bonchev–Trinajstić information content (AvgIpc) is 2.47. The van der Waals surface area contributed by atoms with Crippen molar-refractivity contribution in [3.63, 3.8) is 0 Å². The van der Waals surface area contributed by atoms with Crippen molar-refractivity contribution in [3.05, 3.63) is 36.5 Å². The molecule has 0 fully saturated rings. The summed E-state index contributed by atoms with van der Waals surface area (Å²) in [4.78, 5) is 0. The Morgan fingerprint density at radius 2 is 2.00 bits per heavy atom. The zero-order chi connectivity index (χ0) is 7.68. The molecule has 0 aliphatic carbocycles. The predicted molar refractivity (Wildman–Crippen MR) is 50.9 cm³/mol. The maximum absolute atomic E-state index is 3.42. The third-order valence-corrected chi connectivity index (χ3v) is 2.35. The largest absolute Gasteiger partial charge is 0.337 e. The van der Waals surface area contributed by atoms with Crippen molar-refractivity contribution in [2.24, 2.45) is 0 Å². The topological polar surface area (TPSA) is 4.93 Å². The Balaban J connectivity index is 2.76. The quantitative estimate of drug-likeness (QED) is 0.637. The molecular formula is C9H8BrN. The second kappa shape index (κ2) is 2.70. The van der Waals surface area contributed by atoms with Crippen molar-refractivity contribution in [1.29, 1.82) is 0 Å². The van der Waals surface area contributed by atoms with E-state index in [2.05, 4.69) is 57.0 Å². The minimum Gasteiger partial charge on any atom is -0.337 e. The number of benzene rings is 1. The van der Waals surface area contributed by atoms with Crippen LogP contribution in [0.5, 0.6) is 0 Å². The summed E-state index contributed by atoms with van der Waals surface area (Å²) in [6.45, 7) is 0. The number of aromatic nitrogens is 1. The Morgan fingerprint density at radius 3 is 2.82 bits per heavy atom. The summed E-state index contributed by atoms with van der Waals surface area (Å²) in [7, 11) is 0. The van der Waals surface area contributed by atoms with Crippen LogP contribution < -0.4 is 0 Å². The van der Waals surface area contributed by atoms with Crippen LogP contribution in [0.4, 0.5) is 0 Å². The van der Waals surface area contributed by atoms with Gasteiger partial charge in [-0.3, -0.25) is 0 Å². The van der Waals surface area contributed by atoms with Crippen molar-refractivity contribution in [2.75, 3.05) is 0 Å². The molecule has 0 saturated heterocycles. The fraction of sp³-hybridized carbons (Fsp3) is 0.111. The van der Waals surface area contributed by atoms with Crippen LogP contribution in [0.3, 0.4) is 0 Å². The van der Waals surface area contributed by atoms with E-state index in [0.717, 1.165) is 5.45 Å². The lowest BCUT2D eigenvalue weighted by molar-refractivity contribution is 0.955. The number of hydrogen-bond acceptors (Lipinski definition) is 0. The van der Waals surface area contributed by atoms with Gasteiger partial charge in [-0.25, -0.2) is 0 Å². The molecule has 0 N–H and O–H groups in total. The fourth-order valence-electron chi connectivity index (χ4n) is 1.24. The van der Waals surface area contributed by atoms with Gasteiger partial charge in [0.15, 0.2) is 0 Å². The standard InChI is InChI=1S/C9H8BrN/c10-7-11-6-5-8-3-1-2-4-9(8)11/h1-6H,7H2. The van der Waals surface area contributed by atoms with Crippen LogP contribution in [0.1, 0.15) is 0 Å². The third kappa shape index (κ3) is 1.07. The van der Waals surface area contributed by atoms with Crippen molar-refractivity contribution in [3.8, 4) is 0 Å². The molecule has 2 aromatic rings. The van der Waals surface area contributed by atoms with Gasteiger partial charge in [0.2, 0.25) is 0 Å². The first kappa shape index (κ1) is 6.92. The van der Waals surface area contributed by atoms with Crippen LogP contribution in [0.2, 0.25) is 0 Å². The first-order valence-electron chi connectivity index (χ1n) is 3.51. The van der Waals surface area contributed by atoms with Gasteiger partial charge in [-0.15, -0.1) is 0 Å². The van der Waals surface area contributed by atoms with E-state index in [1.165, 1.54) is 10.9 Å². The smallest absolute Gasteiger partial charge is 0.0779 e. The second-order valence-corrected chi connectivity index (χ2v) is 2.97. The number of halogens is 1. The first-order valence-corrected chi connectivity index (χ1v) is 4.64. The molecule has 0 saturated carbocycles. The molecule has 0 aliphatic heterocycles. The zero-order valence-corrected chi connectivity index (χ0v) is 7.58. The molecule has 0 amide bonds.